The van der Waals surface area contributed by atoms with E-state index in [1.165, 1.54) is 10.5 Å². The number of pyridine rings is 1. The number of nitrogens with zero attached hydrogens (tertiary/aromatic N) is 2. The van der Waals surface area contributed by atoms with Crippen molar-refractivity contribution in [2.75, 3.05) is 0 Å². The second-order valence-corrected chi connectivity index (χ2v) is 7.19. The zero-order valence-corrected chi connectivity index (χ0v) is 15.5. The van der Waals surface area contributed by atoms with Gasteiger partial charge in [0.2, 0.25) is 0 Å². The second kappa shape index (κ2) is 6.72. The van der Waals surface area contributed by atoms with Crippen LogP contribution >= 0.6 is 0 Å². The molecule has 1 aromatic carbocycles. The van der Waals surface area contributed by atoms with Crippen molar-refractivity contribution < 1.29 is 9.18 Å². The van der Waals surface area contributed by atoms with E-state index in [1.807, 2.05) is 12.1 Å². The predicted octanol–water partition coefficient (Wildman–Crippen LogP) is 4.20. The predicted molar refractivity (Wildman–Crippen MR) is 102 cm³/mol. The molecular formula is C22H21FN2O2. The van der Waals surface area contributed by atoms with Gasteiger partial charge >= 0.3 is 0 Å². The molecule has 2 aromatic heterocycles. The summed E-state index contributed by atoms with van der Waals surface area (Å²) in [4.78, 5) is 29.5. The number of halogens is 1. The van der Waals surface area contributed by atoms with Gasteiger partial charge in [0, 0.05) is 18.9 Å². The molecule has 0 atom stereocenters. The summed E-state index contributed by atoms with van der Waals surface area (Å²) in [5.74, 6) is 0.0383. The molecule has 4 rings (SSSR count). The fraction of sp³-hybridized carbons (Fsp3) is 0.318. The van der Waals surface area contributed by atoms with Gasteiger partial charge in [0.25, 0.3) is 5.56 Å². The zero-order chi connectivity index (χ0) is 19.1. The van der Waals surface area contributed by atoms with Crippen molar-refractivity contribution in [2.24, 2.45) is 0 Å². The monoisotopic (exact) mass is 364 g/mol. The highest BCUT2D eigenvalue weighted by Gasteiger charge is 2.27. The number of Topliss-reactive ketones (excluding diaryl/α,β-unsaturated/α-hetero) is 1. The minimum absolute atomic E-state index is 0.0991. The summed E-state index contributed by atoms with van der Waals surface area (Å²) in [6.45, 7) is 3.57. The Bertz CT molecular complexity index is 1110. The van der Waals surface area contributed by atoms with Crippen LogP contribution in [0.1, 0.15) is 65.0 Å². The Morgan fingerprint density at radius 3 is 2.74 bits per heavy atom. The summed E-state index contributed by atoms with van der Waals surface area (Å²) in [6.07, 6.45) is 2.63. The summed E-state index contributed by atoms with van der Waals surface area (Å²) in [5.41, 5.74) is 3.04. The number of ketones is 1. The van der Waals surface area contributed by atoms with Crippen LogP contribution in [0.15, 0.2) is 41.2 Å². The Morgan fingerprint density at radius 1 is 1.26 bits per heavy atom. The van der Waals surface area contributed by atoms with Crippen LogP contribution in [0.3, 0.4) is 0 Å². The highest BCUT2D eigenvalue weighted by atomic mass is 19.1. The Balaban J connectivity index is 1.79. The highest BCUT2D eigenvalue weighted by Crippen LogP contribution is 2.41. The van der Waals surface area contributed by atoms with E-state index >= 15 is 0 Å². The van der Waals surface area contributed by atoms with E-state index in [2.05, 4.69) is 4.98 Å². The molecule has 5 heteroatoms. The van der Waals surface area contributed by atoms with Crippen LogP contribution in [0, 0.1) is 12.7 Å². The Morgan fingerprint density at radius 2 is 2.04 bits per heavy atom. The lowest BCUT2D eigenvalue weighted by molar-refractivity contribution is 0.0981. The lowest BCUT2D eigenvalue weighted by Crippen LogP contribution is -2.22. The molecule has 138 valence electrons. The van der Waals surface area contributed by atoms with Crippen LogP contribution in [0.5, 0.6) is 0 Å². The molecule has 1 fully saturated rings. The lowest BCUT2D eigenvalue weighted by Gasteiger charge is -2.12. The molecule has 0 spiro atoms. The molecule has 27 heavy (non-hydrogen) atoms. The molecule has 0 radical (unpaired) electrons. The summed E-state index contributed by atoms with van der Waals surface area (Å²) >= 11 is 0. The van der Waals surface area contributed by atoms with Crippen LogP contribution in [0.4, 0.5) is 4.39 Å². The quantitative estimate of drug-likeness (QED) is 0.638. The maximum absolute atomic E-state index is 14.8. The van der Waals surface area contributed by atoms with E-state index in [9.17, 15) is 14.0 Å². The van der Waals surface area contributed by atoms with Crippen molar-refractivity contribution in [3.63, 3.8) is 0 Å². The zero-order valence-electron chi connectivity index (χ0n) is 15.5. The number of benzene rings is 1. The average molecular weight is 364 g/mol. The van der Waals surface area contributed by atoms with E-state index in [4.69, 9.17) is 0 Å². The van der Waals surface area contributed by atoms with Crippen LogP contribution in [0.25, 0.3) is 5.65 Å². The fourth-order valence-corrected chi connectivity index (χ4v) is 3.58. The van der Waals surface area contributed by atoms with E-state index in [1.54, 1.807) is 32.0 Å². The van der Waals surface area contributed by atoms with Crippen LogP contribution in [0.2, 0.25) is 0 Å². The lowest BCUT2D eigenvalue weighted by atomic mass is 10.0. The molecule has 1 aliphatic rings. The number of rotatable bonds is 5. The number of aryl methyl sites for hydroxylation is 1. The van der Waals surface area contributed by atoms with E-state index < -0.39 is 0 Å². The Labute approximate surface area is 156 Å². The maximum atomic E-state index is 14.8. The van der Waals surface area contributed by atoms with E-state index in [0.717, 1.165) is 24.0 Å². The number of fused-ring (bicyclic) bond motifs is 1. The molecule has 0 unspecified atom stereocenters. The normalized spacial score (nSPS) is 13.9. The molecule has 0 N–H and O–H groups in total. The molecule has 0 amide bonds. The minimum Gasteiger partial charge on any atom is -0.293 e. The van der Waals surface area contributed by atoms with Crippen molar-refractivity contribution >= 4 is 11.4 Å². The molecule has 1 aliphatic carbocycles. The van der Waals surface area contributed by atoms with Gasteiger partial charge in [-0.1, -0.05) is 31.2 Å². The Hall–Kier alpha value is -2.82. The number of carbonyl (C=O) groups excluding carboxylic acids is 1. The number of hydrogen-bond acceptors (Lipinski definition) is 3. The van der Waals surface area contributed by atoms with Gasteiger partial charge in [-0.3, -0.25) is 14.0 Å². The van der Waals surface area contributed by atoms with Gasteiger partial charge in [-0.05, 0) is 48.4 Å². The van der Waals surface area contributed by atoms with Crippen molar-refractivity contribution in [1.29, 1.82) is 0 Å². The molecule has 2 heterocycles. The number of aromatic nitrogens is 2. The van der Waals surface area contributed by atoms with Gasteiger partial charge in [-0.2, -0.15) is 0 Å². The Kier molecular flexibility index (Phi) is 4.38. The second-order valence-electron chi connectivity index (χ2n) is 7.19. The SMILES string of the molecule is CCC(=O)c1c(C)ccc2nc(Cc3cccc(C4CC4)c3F)cc(=O)n12. The van der Waals surface area contributed by atoms with Gasteiger partial charge in [-0.15, -0.1) is 0 Å². The summed E-state index contributed by atoms with van der Waals surface area (Å²) in [7, 11) is 0. The van der Waals surface area contributed by atoms with Gasteiger partial charge < -0.3 is 0 Å². The van der Waals surface area contributed by atoms with Gasteiger partial charge in [0.1, 0.15) is 11.5 Å². The van der Waals surface area contributed by atoms with Crippen molar-refractivity contribution in [3.05, 3.63) is 80.6 Å². The summed E-state index contributed by atoms with van der Waals surface area (Å²) in [5, 5.41) is 0. The van der Waals surface area contributed by atoms with E-state index in [-0.39, 0.29) is 23.6 Å². The molecular weight excluding hydrogens is 343 g/mol. The molecule has 0 saturated heterocycles. The van der Waals surface area contributed by atoms with Gasteiger partial charge in [0.15, 0.2) is 5.78 Å². The molecule has 0 aliphatic heterocycles. The first-order valence-electron chi connectivity index (χ1n) is 9.32. The topological polar surface area (TPSA) is 51.4 Å². The fourth-order valence-electron chi connectivity index (χ4n) is 3.58. The first kappa shape index (κ1) is 17.6. The average Bonchev–Trinajstić information content (AvgIpc) is 3.48. The third-order valence-corrected chi connectivity index (χ3v) is 5.16. The number of carbonyl (C=O) groups is 1. The summed E-state index contributed by atoms with van der Waals surface area (Å²) in [6, 6.07) is 10.4. The summed E-state index contributed by atoms with van der Waals surface area (Å²) < 4.78 is 16.1. The molecule has 1 saturated carbocycles. The third kappa shape index (κ3) is 3.18. The van der Waals surface area contributed by atoms with Crippen molar-refractivity contribution in [2.45, 2.75) is 45.4 Å². The van der Waals surface area contributed by atoms with Crippen LogP contribution in [-0.2, 0) is 6.42 Å². The highest BCUT2D eigenvalue weighted by molar-refractivity contribution is 5.96. The molecule has 4 nitrogen and oxygen atoms in total. The van der Waals surface area contributed by atoms with Gasteiger partial charge in [-0.25, -0.2) is 9.37 Å². The molecule has 0 bridgehead atoms. The smallest absolute Gasteiger partial charge is 0.258 e. The standard InChI is InChI=1S/C22H21FN2O2/c1-3-18(26)22-13(2)7-10-19-24-16(12-20(27)25(19)22)11-15-5-4-6-17(21(15)23)14-8-9-14/h4-7,10,12,14H,3,8-9,11H2,1-2H3. The maximum Gasteiger partial charge on any atom is 0.258 e. The first-order valence-corrected chi connectivity index (χ1v) is 9.32. The third-order valence-electron chi connectivity index (χ3n) is 5.16. The van der Waals surface area contributed by atoms with Crippen molar-refractivity contribution in [3.8, 4) is 0 Å². The van der Waals surface area contributed by atoms with Crippen LogP contribution < -0.4 is 5.56 Å². The minimum atomic E-state index is -0.311. The van der Waals surface area contributed by atoms with Crippen LogP contribution in [-0.4, -0.2) is 15.2 Å². The number of hydrogen-bond donors (Lipinski definition) is 0. The van der Waals surface area contributed by atoms with Gasteiger partial charge in [0.05, 0.1) is 11.4 Å². The van der Waals surface area contributed by atoms with Crippen molar-refractivity contribution in [1.82, 2.24) is 9.38 Å². The van der Waals surface area contributed by atoms with E-state index in [0.29, 0.717) is 34.9 Å². The molecule has 3 aromatic rings. The first-order chi connectivity index (χ1) is 13.0. The largest absolute Gasteiger partial charge is 0.293 e.